The SMILES string of the molecule is N#Cc1cc2ccccc2nc1N1CC(C(=O)N2CCCC2)C1. The molecule has 0 atom stereocenters. The Kier molecular flexibility index (Phi) is 3.38. The summed E-state index contributed by atoms with van der Waals surface area (Å²) in [6, 6.07) is 11.9. The number of carbonyl (C=O) groups excluding carboxylic acids is 1. The number of nitrogens with zero attached hydrogens (tertiary/aromatic N) is 4. The van der Waals surface area contributed by atoms with Crippen molar-refractivity contribution < 1.29 is 4.79 Å². The highest BCUT2D eigenvalue weighted by atomic mass is 16.2. The lowest BCUT2D eigenvalue weighted by Crippen LogP contribution is -2.54. The monoisotopic (exact) mass is 306 g/mol. The summed E-state index contributed by atoms with van der Waals surface area (Å²) >= 11 is 0. The summed E-state index contributed by atoms with van der Waals surface area (Å²) in [5.41, 5.74) is 1.46. The number of rotatable bonds is 2. The lowest BCUT2D eigenvalue weighted by Gasteiger charge is -2.41. The van der Waals surface area contributed by atoms with Crippen LogP contribution in [-0.2, 0) is 4.79 Å². The molecule has 5 heteroatoms. The third-order valence-corrected chi connectivity index (χ3v) is 4.77. The van der Waals surface area contributed by atoms with Gasteiger partial charge in [-0.25, -0.2) is 4.98 Å². The van der Waals surface area contributed by atoms with E-state index >= 15 is 0 Å². The molecule has 1 aromatic carbocycles. The molecule has 116 valence electrons. The van der Waals surface area contributed by atoms with Crippen molar-refractivity contribution in [3.8, 4) is 6.07 Å². The highest BCUT2D eigenvalue weighted by Crippen LogP contribution is 2.30. The summed E-state index contributed by atoms with van der Waals surface area (Å²) in [4.78, 5) is 21.0. The number of amides is 1. The molecule has 1 aromatic heterocycles. The van der Waals surface area contributed by atoms with Crippen molar-refractivity contribution in [2.75, 3.05) is 31.1 Å². The first-order valence-corrected chi connectivity index (χ1v) is 8.10. The van der Waals surface area contributed by atoms with E-state index in [-0.39, 0.29) is 11.8 Å². The van der Waals surface area contributed by atoms with Crippen LogP contribution in [0.25, 0.3) is 10.9 Å². The lowest BCUT2D eigenvalue weighted by atomic mass is 9.97. The van der Waals surface area contributed by atoms with Crippen LogP contribution in [0.3, 0.4) is 0 Å². The van der Waals surface area contributed by atoms with Gasteiger partial charge in [-0.1, -0.05) is 18.2 Å². The summed E-state index contributed by atoms with van der Waals surface area (Å²) < 4.78 is 0. The Hall–Kier alpha value is -2.61. The summed E-state index contributed by atoms with van der Waals surface area (Å²) in [5, 5.41) is 10.4. The molecule has 0 bridgehead atoms. The number of fused-ring (bicyclic) bond motifs is 1. The molecule has 2 aliphatic heterocycles. The first kappa shape index (κ1) is 14.0. The molecule has 2 aromatic rings. The fourth-order valence-corrected chi connectivity index (χ4v) is 3.43. The fraction of sp³-hybridized carbons (Fsp3) is 0.389. The van der Waals surface area contributed by atoms with Crippen molar-refractivity contribution in [1.82, 2.24) is 9.88 Å². The van der Waals surface area contributed by atoms with Crippen molar-refractivity contribution in [3.63, 3.8) is 0 Å². The van der Waals surface area contributed by atoms with Gasteiger partial charge < -0.3 is 9.80 Å². The maximum Gasteiger partial charge on any atom is 0.229 e. The number of aromatic nitrogens is 1. The molecule has 23 heavy (non-hydrogen) atoms. The maximum atomic E-state index is 12.4. The summed E-state index contributed by atoms with van der Waals surface area (Å²) in [6.07, 6.45) is 2.24. The van der Waals surface area contributed by atoms with Gasteiger partial charge in [0.25, 0.3) is 0 Å². The molecule has 3 heterocycles. The molecule has 0 N–H and O–H groups in total. The zero-order valence-corrected chi connectivity index (χ0v) is 12.9. The van der Waals surface area contributed by atoms with Crippen molar-refractivity contribution in [2.24, 2.45) is 5.92 Å². The second-order valence-corrected chi connectivity index (χ2v) is 6.30. The molecule has 2 fully saturated rings. The van der Waals surface area contributed by atoms with Crippen LogP contribution in [0.2, 0.25) is 0 Å². The van der Waals surface area contributed by atoms with Gasteiger partial charge in [-0.15, -0.1) is 0 Å². The Labute approximate surface area is 135 Å². The normalized spacial score (nSPS) is 18.0. The van der Waals surface area contributed by atoms with Gasteiger partial charge in [-0.05, 0) is 25.0 Å². The number of pyridine rings is 1. The minimum absolute atomic E-state index is 0.0490. The van der Waals surface area contributed by atoms with Crippen LogP contribution < -0.4 is 4.90 Å². The van der Waals surface area contributed by atoms with E-state index in [9.17, 15) is 10.1 Å². The zero-order chi connectivity index (χ0) is 15.8. The van der Waals surface area contributed by atoms with Gasteiger partial charge in [-0.3, -0.25) is 4.79 Å². The number of carbonyl (C=O) groups is 1. The standard InChI is InChI=1S/C18H18N4O/c19-10-14-9-13-5-1-2-6-16(13)20-17(14)22-11-15(12-22)18(23)21-7-3-4-8-21/h1-2,5-6,9,15H,3-4,7-8,11-12H2. The number of nitriles is 1. The van der Waals surface area contributed by atoms with Crippen molar-refractivity contribution in [3.05, 3.63) is 35.9 Å². The second kappa shape index (κ2) is 5.54. The van der Waals surface area contributed by atoms with E-state index in [2.05, 4.69) is 11.1 Å². The van der Waals surface area contributed by atoms with Gasteiger partial charge in [0.2, 0.25) is 5.91 Å². The van der Waals surface area contributed by atoms with E-state index in [0.717, 1.165) is 36.8 Å². The Bertz CT molecular complexity index is 798. The number of hydrogen-bond donors (Lipinski definition) is 0. The number of likely N-dealkylation sites (tertiary alicyclic amines) is 1. The molecule has 4 rings (SSSR count). The third kappa shape index (κ3) is 2.40. The largest absolute Gasteiger partial charge is 0.354 e. The first-order valence-electron chi connectivity index (χ1n) is 8.10. The first-order chi connectivity index (χ1) is 11.3. The van der Waals surface area contributed by atoms with Crippen LogP contribution in [0.1, 0.15) is 18.4 Å². The topological polar surface area (TPSA) is 60.2 Å². The molecule has 0 saturated carbocycles. The average Bonchev–Trinajstić information content (AvgIpc) is 3.07. The van der Waals surface area contributed by atoms with Gasteiger partial charge in [-0.2, -0.15) is 5.26 Å². The van der Waals surface area contributed by atoms with Crippen LogP contribution in [0.5, 0.6) is 0 Å². The molecule has 5 nitrogen and oxygen atoms in total. The molecule has 0 unspecified atom stereocenters. The molecular formula is C18H18N4O. The molecule has 2 aliphatic rings. The number of benzene rings is 1. The molecule has 2 saturated heterocycles. The van der Waals surface area contributed by atoms with Crippen LogP contribution in [0, 0.1) is 17.2 Å². The minimum atomic E-state index is 0.0490. The van der Waals surface area contributed by atoms with E-state index in [4.69, 9.17) is 0 Å². The summed E-state index contributed by atoms with van der Waals surface area (Å²) in [7, 11) is 0. The van der Waals surface area contributed by atoms with Crippen LogP contribution in [-0.4, -0.2) is 42.0 Å². The average molecular weight is 306 g/mol. The molecule has 0 radical (unpaired) electrons. The number of anilines is 1. The second-order valence-electron chi connectivity index (χ2n) is 6.30. The summed E-state index contributed by atoms with van der Waals surface area (Å²) in [6.45, 7) is 3.12. The summed E-state index contributed by atoms with van der Waals surface area (Å²) in [5.74, 6) is 1.02. The van der Waals surface area contributed by atoms with Crippen molar-refractivity contribution >= 4 is 22.6 Å². The maximum absolute atomic E-state index is 12.4. The minimum Gasteiger partial charge on any atom is -0.354 e. The zero-order valence-electron chi connectivity index (χ0n) is 12.9. The van der Waals surface area contributed by atoms with E-state index < -0.39 is 0 Å². The van der Waals surface area contributed by atoms with Crippen molar-refractivity contribution in [1.29, 1.82) is 5.26 Å². The Balaban J connectivity index is 1.54. The van der Waals surface area contributed by atoms with E-state index in [1.165, 1.54) is 0 Å². The van der Waals surface area contributed by atoms with Crippen LogP contribution >= 0.6 is 0 Å². The molecule has 0 aliphatic carbocycles. The van der Waals surface area contributed by atoms with E-state index in [1.54, 1.807) is 0 Å². The van der Waals surface area contributed by atoms with Gasteiger partial charge in [0.05, 0.1) is 17.0 Å². The van der Waals surface area contributed by atoms with Gasteiger partial charge in [0.15, 0.2) is 0 Å². The molecule has 1 amide bonds. The van der Waals surface area contributed by atoms with E-state index in [0.29, 0.717) is 24.5 Å². The quantitative estimate of drug-likeness (QED) is 0.853. The van der Waals surface area contributed by atoms with Crippen LogP contribution in [0.4, 0.5) is 5.82 Å². The molecule has 0 spiro atoms. The smallest absolute Gasteiger partial charge is 0.229 e. The predicted molar refractivity (Wildman–Crippen MR) is 88.0 cm³/mol. The Morgan fingerprint density at radius 1 is 1.22 bits per heavy atom. The van der Waals surface area contributed by atoms with Crippen LogP contribution in [0.15, 0.2) is 30.3 Å². The molecular weight excluding hydrogens is 288 g/mol. The number of hydrogen-bond acceptors (Lipinski definition) is 4. The number of para-hydroxylation sites is 1. The Morgan fingerprint density at radius 2 is 1.96 bits per heavy atom. The van der Waals surface area contributed by atoms with E-state index in [1.807, 2.05) is 40.1 Å². The highest BCUT2D eigenvalue weighted by Gasteiger charge is 2.37. The predicted octanol–water partition coefficient (Wildman–Crippen LogP) is 2.17. The fourth-order valence-electron chi connectivity index (χ4n) is 3.43. The highest BCUT2D eigenvalue weighted by molar-refractivity contribution is 5.85. The Morgan fingerprint density at radius 3 is 2.70 bits per heavy atom. The lowest BCUT2D eigenvalue weighted by molar-refractivity contribution is -0.135. The van der Waals surface area contributed by atoms with Gasteiger partial charge in [0, 0.05) is 31.6 Å². The van der Waals surface area contributed by atoms with Gasteiger partial charge in [0.1, 0.15) is 11.9 Å². The third-order valence-electron chi connectivity index (χ3n) is 4.77. The van der Waals surface area contributed by atoms with Crippen molar-refractivity contribution in [2.45, 2.75) is 12.8 Å². The van der Waals surface area contributed by atoms with Gasteiger partial charge >= 0.3 is 0 Å².